The normalized spacial score (nSPS) is 14.4. The molecule has 138 valence electrons. The molecule has 0 aliphatic carbocycles. The number of nitrogens with one attached hydrogen (secondary N) is 1. The maximum Gasteiger partial charge on any atom is 0.276 e. The molecule has 1 aliphatic heterocycles. The monoisotopic (exact) mass is 364 g/mol. The molecule has 3 rings (SSSR count). The third-order valence-corrected chi connectivity index (χ3v) is 4.37. The molecule has 2 amide bonds. The van der Waals surface area contributed by atoms with E-state index in [2.05, 4.69) is 26.3 Å². The number of piperazine rings is 1. The van der Waals surface area contributed by atoms with Gasteiger partial charge in [0.25, 0.3) is 11.8 Å². The Hall–Kier alpha value is -3.31. The Labute approximate surface area is 157 Å². The van der Waals surface area contributed by atoms with Gasteiger partial charge in [0.1, 0.15) is 0 Å². The van der Waals surface area contributed by atoms with Gasteiger partial charge in [-0.05, 0) is 12.1 Å². The smallest absolute Gasteiger partial charge is 0.276 e. The van der Waals surface area contributed by atoms with Crippen LogP contribution in [-0.4, -0.2) is 64.3 Å². The van der Waals surface area contributed by atoms with E-state index in [1.165, 1.54) is 12.4 Å². The molecular formula is C19H20N6O2. The summed E-state index contributed by atoms with van der Waals surface area (Å²) in [5.41, 5.74) is 0.611. The molecule has 1 fully saturated rings. The molecule has 0 atom stereocenters. The molecule has 8 heteroatoms. The standard InChI is InChI=1S/C19H20N6O2/c20-7-4-10-24-11-13-25(14-12-24)19(27)16-17(22-9-8-21-16)23-18(26)15-5-2-1-3-6-15/h1-3,5-6,8-9H,4,10-14H2,(H,22,23,26). The molecule has 0 unspecified atom stereocenters. The van der Waals surface area contributed by atoms with Crippen LogP contribution < -0.4 is 5.32 Å². The van der Waals surface area contributed by atoms with Crippen molar-refractivity contribution in [3.63, 3.8) is 0 Å². The van der Waals surface area contributed by atoms with Gasteiger partial charge in [-0.1, -0.05) is 18.2 Å². The molecule has 0 spiro atoms. The minimum absolute atomic E-state index is 0.132. The van der Waals surface area contributed by atoms with Crippen LogP contribution in [0.3, 0.4) is 0 Å². The molecule has 0 bridgehead atoms. The Kier molecular flexibility index (Phi) is 6.07. The fourth-order valence-electron chi connectivity index (χ4n) is 2.89. The number of carbonyl (C=O) groups is 2. The highest BCUT2D eigenvalue weighted by atomic mass is 16.2. The summed E-state index contributed by atoms with van der Waals surface area (Å²) >= 11 is 0. The summed E-state index contributed by atoms with van der Waals surface area (Å²) in [6.07, 6.45) is 3.36. The number of nitriles is 1. The van der Waals surface area contributed by atoms with E-state index in [1.54, 1.807) is 29.2 Å². The van der Waals surface area contributed by atoms with E-state index >= 15 is 0 Å². The number of carbonyl (C=O) groups excluding carboxylic acids is 2. The zero-order valence-electron chi connectivity index (χ0n) is 14.8. The number of amides is 2. The Bertz CT molecular complexity index is 841. The molecule has 2 aromatic rings. The van der Waals surface area contributed by atoms with E-state index in [0.29, 0.717) is 44.7 Å². The van der Waals surface area contributed by atoms with E-state index in [-0.39, 0.29) is 23.3 Å². The van der Waals surface area contributed by atoms with Crippen LogP contribution in [0.5, 0.6) is 0 Å². The van der Waals surface area contributed by atoms with Gasteiger partial charge in [0.15, 0.2) is 11.5 Å². The average Bonchev–Trinajstić information content (AvgIpc) is 2.73. The van der Waals surface area contributed by atoms with Crippen molar-refractivity contribution in [2.45, 2.75) is 6.42 Å². The third-order valence-electron chi connectivity index (χ3n) is 4.37. The molecule has 2 heterocycles. The van der Waals surface area contributed by atoms with Crippen LogP contribution in [0.4, 0.5) is 5.82 Å². The Morgan fingerprint density at radius 1 is 1.07 bits per heavy atom. The molecule has 0 saturated carbocycles. The van der Waals surface area contributed by atoms with Crippen molar-refractivity contribution in [1.82, 2.24) is 19.8 Å². The summed E-state index contributed by atoms with van der Waals surface area (Å²) in [5, 5.41) is 11.4. The van der Waals surface area contributed by atoms with Gasteiger partial charge in [0.05, 0.1) is 6.07 Å². The summed E-state index contributed by atoms with van der Waals surface area (Å²) in [5.74, 6) is -0.443. The topological polar surface area (TPSA) is 102 Å². The van der Waals surface area contributed by atoms with Gasteiger partial charge in [-0.15, -0.1) is 0 Å². The average molecular weight is 364 g/mol. The molecule has 1 aromatic carbocycles. The zero-order valence-corrected chi connectivity index (χ0v) is 14.8. The fourth-order valence-corrected chi connectivity index (χ4v) is 2.89. The van der Waals surface area contributed by atoms with Crippen molar-refractivity contribution in [3.8, 4) is 6.07 Å². The first-order valence-electron chi connectivity index (χ1n) is 8.75. The second-order valence-corrected chi connectivity index (χ2v) is 6.12. The van der Waals surface area contributed by atoms with Crippen LogP contribution in [0, 0.1) is 11.3 Å². The van der Waals surface area contributed by atoms with E-state index in [4.69, 9.17) is 5.26 Å². The van der Waals surface area contributed by atoms with E-state index in [1.807, 2.05) is 6.07 Å². The van der Waals surface area contributed by atoms with Crippen LogP contribution in [0.25, 0.3) is 0 Å². The number of hydrogen-bond donors (Lipinski definition) is 1. The first-order valence-corrected chi connectivity index (χ1v) is 8.75. The number of rotatable bonds is 5. The largest absolute Gasteiger partial charge is 0.335 e. The highest BCUT2D eigenvalue weighted by molar-refractivity contribution is 6.07. The lowest BCUT2D eigenvalue weighted by Crippen LogP contribution is -2.49. The summed E-state index contributed by atoms with van der Waals surface area (Å²) in [4.78, 5) is 37.4. The van der Waals surface area contributed by atoms with Crippen LogP contribution in [-0.2, 0) is 0 Å². The van der Waals surface area contributed by atoms with Crippen molar-refractivity contribution < 1.29 is 9.59 Å². The van der Waals surface area contributed by atoms with Crippen LogP contribution in [0.2, 0.25) is 0 Å². The Morgan fingerprint density at radius 3 is 2.48 bits per heavy atom. The van der Waals surface area contributed by atoms with Crippen LogP contribution in [0.1, 0.15) is 27.3 Å². The molecule has 0 radical (unpaired) electrons. The lowest BCUT2D eigenvalue weighted by atomic mass is 10.2. The summed E-state index contributed by atoms with van der Waals surface area (Å²) in [7, 11) is 0. The van der Waals surface area contributed by atoms with E-state index < -0.39 is 0 Å². The van der Waals surface area contributed by atoms with Crippen molar-refractivity contribution in [2.24, 2.45) is 0 Å². The van der Waals surface area contributed by atoms with Crippen molar-refractivity contribution in [2.75, 3.05) is 38.0 Å². The predicted molar refractivity (Wildman–Crippen MR) is 99.0 cm³/mol. The molecule has 1 aromatic heterocycles. The van der Waals surface area contributed by atoms with Gasteiger partial charge >= 0.3 is 0 Å². The van der Waals surface area contributed by atoms with Gasteiger partial charge in [0.2, 0.25) is 0 Å². The highest BCUT2D eigenvalue weighted by Crippen LogP contribution is 2.15. The number of benzene rings is 1. The Morgan fingerprint density at radius 2 is 1.78 bits per heavy atom. The number of hydrogen-bond acceptors (Lipinski definition) is 6. The molecule has 1 N–H and O–H groups in total. The molecule has 27 heavy (non-hydrogen) atoms. The maximum absolute atomic E-state index is 12.9. The summed E-state index contributed by atoms with van der Waals surface area (Å²) in [6, 6.07) is 10.9. The first kappa shape index (κ1) is 18.5. The zero-order chi connectivity index (χ0) is 19.1. The quantitative estimate of drug-likeness (QED) is 0.860. The number of nitrogens with zero attached hydrogens (tertiary/aromatic N) is 5. The van der Waals surface area contributed by atoms with E-state index in [0.717, 1.165) is 0 Å². The van der Waals surface area contributed by atoms with Crippen LogP contribution >= 0.6 is 0 Å². The number of anilines is 1. The van der Waals surface area contributed by atoms with Gasteiger partial charge in [0, 0.05) is 57.1 Å². The van der Waals surface area contributed by atoms with Crippen molar-refractivity contribution in [3.05, 3.63) is 54.0 Å². The summed E-state index contributed by atoms with van der Waals surface area (Å²) in [6.45, 7) is 3.22. The van der Waals surface area contributed by atoms with Crippen molar-refractivity contribution in [1.29, 1.82) is 5.26 Å². The minimum atomic E-state index is -0.341. The second-order valence-electron chi connectivity index (χ2n) is 6.12. The lowest BCUT2D eigenvalue weighted by Gasteiger charge is -2.34. The van der Waals surface area contributed by atoms with Gasteiger partial charge in [-0.3, -0.25) is 14.5 Å². The van der Waals surface area contributed by atoms with Gasteiger partial charge in [-0.2, -0.15) is 5.26 Å². The first-order chi connectivity index (χ1) is 13.2. The molecular weight excluding hydrogens is 344 g/mol. The van der Waals surface area contributed by atoms with Crippen molar-refractivity contribution >= 4 is 17.6 Å². The second kappa shape index (κ2) is 8.87. The molecule has 1 aliphatic rings. The van der Waals surface area contributed by atoms with E-state index in [9.17, 15) is 9.59 Å². The van der Waals surface area contributed by atoms with Gasteiger partial charge < -0.3 is 10.2 Å². The fraction of sp³-hybridized carbons (Fsp3) is 0.316. The van der Waals surface area contributed by atoms with Gasteiger partial charge in [-0.25, -0.2) is 9.97 Å². The number of aromatic nitrogens is 2. The predicted octanol–water partition coefficient (Wildman–Crippen LogP) is 1.40. The maximum atomic E-state index is 12.9. The summed E-state index contributed by atoms with van der Waals surface area (Å²) < 4.78 is 0. The SMILES string of the molecule is N#CCCN1CCN(C(=O)c2nccnc2NC(=O)c2ccccc2)CC1. The molecule has 8 nitrogen and oxygen atoms in total. The lowest BCUT2D eigenvalue weighted by molar-refractivity contribution is 0.0634. The highest BCUT2D eigenvalue weighted by Gasteiger charge is 2.25. The Balaban J connectivity index is 1.68. The van der Waals surface area contributed by atoms with Crippen LogP contribution in [0.15, 0.2) is 42.7 Å². The minimum Gasteiger partial charge on any atom is -0.335 e. The molecule has 1 saturated heterocycles. The third kappa shape index (κ3) is 4.65.